The average molecular weight is 317 g/mol. The molecule has 0 spiro atoms. The highest BCUT2D eigenvalue weighted by molar-refractivity contribution is 8.13. The molecule has 0 amide bonds. The number of amidine groups is 1. The van der Waals surface area contributed by atoms with Crippen LogP contribution >= 0.6 is 11.8 Å². The first-order valence-corrected chi connectivity index (χ1v) is 8.38. The van der Waals surface area contributed by atoms with Gasteiger partial charge in [0.05, 0.1) is 11.7 Å². The van der Waals surface area contributed by atoms with Gasteiger partial charge in [0.25, 0.3) is 0 Å². The van der Waals surface area contributed by atoms with Crippen molar-refractivity contribution in [2.45, 2.75) is 18.9 Å². The Balaban J connectivity index is 1.87. The number of tetrazole rings is 1. The van der Waals surface area contributed by atoms with E-state index in [4.69, 9.17) is 5.73 Å². The van der Waals surface area contributed by atoms with Gasteiger partial charge in [0.2, 0.25) is 0 Å². The molecule has 1 aliphatic heterocycles. The number of nitrogens with zero attached hydrogens (tertiary/aromatic N) is 6. The lowest BCUT2D eigenvalue weighted by molar-refractivity contribution is 0.390. The van der Waals surface area contributed by atoms with Crippen LogP contribution in [-0.4, -0.2) is 50.1 Å². The lowest BCUT2D eigenvalue weighted by Gasteiger charge is -2.24. The minimum atomic E-state index is 0.140. The van der Waals surface area contributed by atoms with E-state index in [2.05, 4.69) is 25.3 Å². The molecule has 0 saturated carbocycles. The Morgan fingerprint density at radius 1 is 1.45 bits per heavy atom. The minimum absolute atomic E-state index is 0.140. The Morgan fingerprint density at radius 2 is 2.32 bits per heavy atom. The van der Waals surface area contributed by atoms with E-state index in [1.54, 1.807) is 11.8 Å². The maximum Gasteiger partial charge on any atom is 0.197 e. The number of thioether (sulfide) groups is 1. The number of anilines is 1. The van der Waals surface area contributed by atoms with Gasteiger partial charge in [-0.25, -0.2) is 0 Å². The third-order valence-corrected chi connectivity index (χ3v) is 4.48. The molecule has 3 rings (SSSR count). The maximum absolute atomic E-state index is 5.81. The number of hydrogen-bond acceptors (Lipinski definition) is 6. The fourth-order valence-corrected chi connectivity index (χ4v) is 3.35. The van der Waals surface area contributed by atoms with Gasteiger partial charge in [0.15, 0.2) is 11.0 Å². The van der Waals surface area contributed by atoms with E-state index >= 15 is 0 Å². The Hall–Kier alpha value is -2.09. The molecule has 1 fully saturated rings. The first kappa shape index (κ1) is 14.8. The van der Waals surface area contributed by atoms with Gasteiger partial charge < -0.3 is 10.6 Å². The van der Waals surface area contributed by atoms with Crippen molar-refractivity contribution >= 4 is 22.6 Å². The molecule has 2 heterocycles. The normalized spacial score (nSPS) is 18.9. The Kier molecular flexibility index (Phi) is 4.28. The zero-order valence-corrected chi connectivity index (χ0v) is 13.5. The van der Waals surface area contributed by atoms with Gasteiger partial charge in [-0.05, 0) is 42.5 Å². The molecule has 0 bridgehead atoms. The molecular weight excluding hydrogens is 298 g/mol. The lowest BCUT2D eigenvalue weighted by Crippen LogP contribution is -2.29. The third kappa shape index (κ3) is 2.78. The van der Waals surface area contributed by atoms with Crippen LogP contribution in [0.3, 0.4) is 0 Å². The summed E-state index contributed by atoms with van der Waals surface area (Å²) < 4.78 is 0. The molecule has 7 nitrogen and oxygen atoms in total. The van der Waals surface area contributed by atoms with Crippen LogP contribution in [0, 0.1) is 0 Å². The van der Waals surface area contributed by atoms with E-state index in [-0.39, 0.29) is 6.04 Å². The summed E-state index contributed by atoms with van der Waals surface area (Å²) in [4.78, 5) is 8.13. The predicted octanol–water partition coefficient (Wildman–Crippen LogP) is 1.73. The van der Waals surface area contributed by atoms with Crippen molar-refractivity contribution in [3.05, 3.63) is 30.1 Å². The van der Waals surface area contributed by atoms with Crippen LogP contribution in [0.2, 0.25) is 0 Å². The van der Waals surface area contributed by atoms with E-state index in [1.165, 1.54) is 4.80 Å². The highest BCUT2D eigenvalue weighted by Gasteiger charge is 2.31. The SMILES string of the molecule is CN=C(SC)N1CCC[C@@H]1c1nnn(-c2cccc(N)c2)n1. The lowest BCUT2D eigenvalue weighted by atomic mass is 10.2. The third-order valence-electron chi connectivity index (χ3n) is 3.70. The summed E-state index contributed by atoms with van der Waals surface area (Å²) in [5, 5.41) is 14.0. The molecule has 0 unspecified atom stereocenters. The van der Waals surface area contributed by atoms with Crippen LogP contribution < -0.4 is 5.73 Å². The van der Waals surface area contributed by atoms with Crippen LogP contribution in [0.5, 0.6) is 0 Å². The molecule has 1 aromatic heterocycles. The van der Waals surface area contributed by atoms with Crippen LogP contribution in [0.1, 0.15) is 24.7 Å². The number of nitrogens with two attached hydrogens (primary N) is 1. The van der Waals surface area contributed by atoms with E-state index in [0.717, 1.165) is 36.1 Å². The molecule has 22 heavy (non-hydrogen) atoms. The molecule has 0 radical (unpaired) electrons. The number of aromatic nitrogens is 4. The van der Waals surface area contributed by atoms with E-state index in [9.17, 15) is 0 Å². The van der Waals surface area contributed by atoms with Gasteiger partial charge >= 0.3 is 0 Å². The molecule has 1 aromatic carbocycles. The number of benzene rings is 1. The molecule has 2 N–H and O–H groups in total. The Morgan fingerprint density at radius 3 is 3.05 bits per heavy atom. The largest absolute Gasteiger partial charge is 0.399 e. The van der Waals surface area contributed by atoms with Crippen molar-refractivity contribution < 1.29 is 0 Å². The molecule has 2 aromatic rings. The summed E-state index contributed by atoms with van der Waals surface area (Å²) in [7, 11) is 1.82. The van der Waals surface area contributed by atoms with E-state index in [0.29, 0.717) is 5.69 Å². The first-order valence-electron chi connectivity index (χ1n) is 7.16. The average Bonchev–Trinajstić information content (AvgIpc) is 3.17. The van der Waals surface area contributed by atoms with Crippen molar-refractivity contribution in [2.75, 3.05) is 25.6 Å². The monoisotopic (exact) mass is 317 g/mol. The van der Waals surface area contributed by atoms with Gasteiger partial charge in [-0.3, -0.25) is 4.99 Å². The summed E-state index contributed by atoms with van der Waals surface area (Å²) in [5.74, 6) is 0.732. The van der Waals surface area contributed by atoms with Crippen LogP contribution in [0.25, 0.3) is 5.69 Å². The highest BCUT2D eigenvalue weighted by Crippen LogP contribution is 2.31. The second kappa shape index (κ2) is 6.35. The van der Waals surface area contributed by atoms with E-state index in [1.807, 2.05) is 37.6 Å². The molecule has 1 saturated heterocycles. The smallest absolute Gasteiger partial charge is 0.197 e. The van der Waals surface area contributed by atoms with Crippen molar-refractivity contribution in [1.82, 2.24) is 25.1 Å². The van der Waals surface area contributed by atoms with Crippen LogP contribution in [0.4, 0.5) is 5.69 Å². The van der Waals surface area contributed by atoms with Gasteiger partial charge in [-0.1, -0.05) is 17.8 Å². The number of rotatable bonds is 2. The van der Waals surface area contributed by atoms with Gasteiger partial charge in [-0.15, -0.1) is 15.0 Å². The van der Waals surface area contributed by atoms with Crippen molar-refractivity contribution in [3.8, 4) is 5.69 Å². The molecule has 116 valence electrons. The van der Waals surface area contributed by atoms with Crippen LogP contribution in [0.15, 0.2) is 29.3 Å². The highest BCUT2D eigenvalue weighted by atomic mass is 32.2. The molecule has 1 aliphatic rings. The topological polar surface area (TPSA) is 85.2 Å². The summed E-state index contributed by atoms with van der Waals surface area (Å²) in [6.45, 7) is 0.977. The summed E-state index contributed by atoms with van der Waals surface area (Å²) in [6, 6.07) is 7.60. The summed E-state index contributed by atoms with van der Waals surface area (Å²) in [5.41, 5.74) is 7.31. The van der Waals surface area contributed by atoms with Crippen molar-refractivity contribution in [2.24, 2.45) is 4.99 Å². The second-order valence-corrected chi connectivity index (χ2v) is 5.87. The Bertz CT molecular complexity index is 681. The minimum Gasteiger partial charge on any atom is -0.399 e. The van der Waals surface area contributed by atoms with Gasteiger partial charge in [0.1, 0.15) is 0 Å². The predicted molar refractivity (Wildman–Crippen MR) is 89.1 cm³/mol. The fraction of sp³-hybridized carbons (Fsp3) is 0.429. The summed E-state index contributed by atoms with van der Waals surface area (Å²) >= 11 is 1.65. The summed E-state index contributed by atoms with van der Waals surface area (Å²) in [6.07, 6.45) is 4.16. The zero-order chi connectivity index (χ0) is 15.5. The molecule has 8 heteroatoms. The van der Waals surface area contributed by atoms with Gasteiger partial charge in [-0.2, -0.15) is 0 Å². The van der Waals surface area contributed by atoms with Crippen molar-refractivity contribution in [3.63, 3.8) is 0 Å². The number of hydrogen-bond donors (Lipinski definition) is 1. The molecule has 0 aliphatic carbocycles. The fourth-order valence-electron chi connectivity index (χ4n) is 2.72. The number of aliphatic imine (C=N–C) groups is 1. The van der Waals surface area contributed by atoms with Crippen LogP contribution in [-0.2, 0) is 0 Å². The zero-order valence-electron chi connectivity index (χ0n) is 12.7. The number of likely N-dealkylation sites (tertiary alicyclic amines) is 1. The second-order valence-electron chi connectivity index (χ2n) is 5.09. The Labute approximate surface area is 133 Å². The number of nitrogen functional groups attached to an aromatic ring is 1. The first-order chi connectivity index (χ1) is 10.7. The standard InChI is InChI=1S/C14H19N7S/c1-16-14(22-2)20-8-4-7-12(20)13-17-19-21(18-13)11-6-3-5-10(15)9-11/h3,5-6,9,12H,4,7-8,15H2,1-2H3/t12-/m1/s1. The molecular formula is C14H19N7S. The quantitative estimate of drug-likeness (QED) is 0.516. The maximum atomic E-state index is 5.81. The van der Waals surface area contributed by atoms with E-state index < -0.39 is 0 Å². The van der Waals surface area contributed by atoms with Crippen molar-refractivity contribution in [1.29, 1.82) is 0 Å². The van der Waals surface area contributed by atoms with Gasteiger partial charge in [0, 0.05) is 19.3 Å². The molecule has 1 atom stereocenters.